The van der Waals surface area contributed by atoms with E-state index >= 15 is 0 Å². The van der Waals surface area contributed by atoms with E-state index in [1.54, 1.807) is 12.2 Å². The van der Waals surface area contributed by atoms with Crippen LogP contribution >= 0.6 is 31.9 Å². The average Bonchev–Trinajstić information content (AvgIpc) is 2.90. The van der Waals surface area contributed by atoms with Crippen molar-refractivity contribution in [3.05, 3.63) is 140 Å². The minimum Gasteiger partial charge on any atom is -0.323 e. The van der Waals surface area contributed by atoms with Crippen LogP contribution in [-0.2, 0) is 16.0 Å². The summed E-state index contributed by atoms with van der Waals surface area (Å²) in [6, 6.07) is 31.1. The van der Waals surface area contributed by atoms with E-state index in [1.165, 1.54) is 12.2 Å². The molecule has 2 N–H and O–H groups in total. The van der Waals surface area contributed by atoms with Gasteiger partial charge in [-0.2, -0.15) is 0 Å². The van der Waals surface area contributed by atoms with Gasteiger partial charge in [-0.05, 0) is 89.4 Å². The third-order valence-corrected chi connectivity index (χ3v) is 6.50. The molecule has 0 spiro atoms. The van der Waals surface area contributed by atoms with Crippen molar-refractivity contribution in [2.75, 3.05) is 10.6 Å². The Morgan fingerprint density at radius 3 is 1.24 bits per heavy atom. The quantitative estimate of drug-likeness (QED) is 0.197. The van der Waals surface area contributed by atoms with E-state index in [9.17, 15) is 9.59 Å². The number of benzene rings is 4. The molecule has 0 saturated carbocycles. The second-order valence-electron chi connectivity index (χ2n) is 8.32. The van der Waals surface area contributed by atoms with Gasteiger partial charge in [0.2, 0.25) is 11.8 Å². The summed E-state index contributed by atoms with van der Waals surface area (Å²) in [7, 11) is 0. The Morgan fingerprint density at radius 2 is 0.892 bits per heavy atom. The van der Waals surface area contributed by atoms with Gasteiger partial charge >= 0.3 is 0 Å². The molecule has 6 heteroatoms. The Hall–Kier alpha value is -3.74. The van der Waals surface area contributed by atoms with Crippen LogP contribution in [-0.4, -0.2) is 11.8 Å². The molecule has 184 valence electrons. The lowest BCUT2D eigenvalue weighted by molar-refractivity contribution is -0.112. The molecule has 4 aromatic carbocycles. The molecule has 0 unspecified atom stereocenters. The zero-order valence-corrected chi connectivity index (χ0v) is 23.0. The first kappa shape index (κ1) is 26.3. The smallest absolute Gasteiger partial charge is 0.248 e. The predicted molar refractivity (Wildman–Crippen MR) is 159 cm³/mol. The van der Waals surface area contributed by atoms with Crippen molar-refractivity contribution in [2.24, 2.45) is 0 Å². The van der Waals surface area contributed by atoms with Crippen LogP contribution < -0.4 is 10.6 Å². The average molecular weight is 616 g/mol. The summed E-state index contributed by atoms with van der Waals surface area (Å²) >= 11 is 6.80. The van der Waals surface area contributed by atoms with E-state index < -0.39 is 0 Å². The van der Waals surface area contributed by atoms with E-state index in [1.807, 2.05) is 97.1 Å². The molecule has 2 amide bonds. The molecule has 0 radical (unpaired) electrons. The Labute approximate surface area is 233 Å². The van der Waals surface area contributed by atoms with Crippen LogP contribution in [0.4, 0.5) is 11.4 Å². The lowest BCUT2D eigenvalue weighted by Crippen LogP contribution is -2.08. The number of hydrogen-bond donors (Lipinski definition) is 2. The Morgan fingerprint density at radius 1 is 0.541 bits per heavy atom. The number of amides is 2. The molecule has 0 atom stereocenters. The molecule has 0 aliphatic heterocycles. The highest BCUT2D eigenvalue weighted by atomic mass is 79.9. The van der Waals surface area contributed by atoms with Gasteiger partial charge < -0.3 is 10.6 Å². The lowest BCUT2D eigenvalue weighted by atomic mass is 10.0. The lowest BCUT2D eigenvalue weighted by Gasteiger charge is -2.07. The zero-order chi connectivity index (χ0) is 26.0. The molecule has 0 bridgehead atoms. The number of rotatable bonds is 8. The van der Waals surface area contributed by atoms with Crippen LogP contribution in [0.3, 0.4) is 0 Å². The molecule has 4 nitrogen and oxygen atoms in total. The fraction of sp³-hybridized carbons (Fsp3) is 0.0323. The highest BCUT2D eigenvalue weighted by Gasteiger charge is 2.02. The summed E-state index contributed by atoms with van der Waals surface area (Å²) in [5.41, 5.74) is 5.63. The van der Waals surface area contributed by atoms with Gasteiger partial charge in [-0.25, -0.2) is 0 Å². The van der Waals surface area contributed by atoms with E-state index in [0.29, 0.717) is 0 Å². The van der Waals surface area contributed by atoms with Crippen LogP contribution in [0.15, 0.2) is 118 Å². The van der Waals surface area contributed by atoms with E-state index in [0.717, 1.165) is 49.0 Å². The molecule has 0 heterocycles. The first-order chi connectivity index (χ1) is 17.9. The molecule has 0 fully saturated rings. The van der Waals surface area contributed by atoms with Crippen LogP contribution in [0.1, 0.15) is 22.3 Å². The molecule has 0 aliphatic rings. The highest BCUT2D eigenvalue weighted by Crippen LogP contribution is 2.17. The summed E-state index contributed by atoms with van der Waals surface area (Å²) in [5, 5.41) is 5.76. The molecule has 37 heavy (non-hydrogen) atoms. The van der Waals surface area contributed by atoms with Crippen molar-refractivity contribution in [1.82, 2.24) is 0 Å². The first-order valence-corrected chi connectivity index (χ1v) is 13.2. The normalized spacial score (nSPS) is 11.1. The molecule has 4 aromatic rings. The maximum absolute atomic E-state index is 12.2. The third kappa shape index (κ3) is 8.70. The highest BCUT2D eigenvalue weighted by molar-refractivity contribution is 9.10. The fourth-order valence-electron chi connectivity index (χ4n) is 3.51. The van der Waals surface area contributed by atoms with Crippen molar-refractivity contribution in [2.45, 2.75) is 6.42 Å². The molecule has 0 aromatic heterocycles. The van der Waals surface area contributed by atoms with Gasteiger partial charge in [0.1, 0.15) is 0 Å². The maximum Gasteiger partial charge on any atom is 0.248 e. The van der Waals surface area contributed by atoms with Crippen molar-refractivity contribution in [1.29, 1.82) is 0 Å². The monoisotopic (exact) mass is 614 g/mol. The second kappa shape index (κ2) is 13.0. The first-order valence-electron chi connectivity index (χ1n) is 11.6. The zero-order valence-electron chi connectivity index (χ0n) is 19.8. The Bertz CT molecular complexity index is 1300. The second-order valence-corrected chi connectivity index (χ2v) is 10.2. The molecule has 4 rings (SSSR count). The van der Waals surface area contributed by atoms with Gasteiger partial charge in [0.25, 0.3) is 0 Å². The summed E-state index contributed by atoms with van der Waals surface area (Å²) in [5.74, 6) is -0.361. The van der Waals surface area contributed by atoms with Gasteiger partial charge in [-0.1, -0.05) is 80.4 Å². The fourth-order valence-corrected chi connectivity index (χ4v) is 4.04. The SMILES string of the molecule is O=C(C=Cc1ccc(Br)cc1)Nc1ccc(Cc2ccc(NC(=O)C=Cc3ccc(Br)cc3)cc2)cc1. The topological polar surface area (TPSA) is 58.2 Å². The predicted octanol–water partition coefficient (Wildman–Crippen LogP) is 8.11. The Kier molecular flexibility index (Phi) is 9.24. The minimum atomic E-state index is -0.181. The van der Waals surface area contributed by atoms with Gasteiger partial charge in [0, 0.05) is 32.5 Å². The number of halogens is 2. The van der Waals surface area contributed by atoms with Gasteiger partial charge in [0.15, 0.2) is 0 Å². The van der Waals surface area contributed by atoms with E-state index in [2.05, 4.69) is 42.5 Å². The van der Waals surface area contributed by atoms with Gasteiger partial charge in [0.05, 0.1) is 0 Å². The number of hydrogen-bond acceptors (Lipinski definition) is 2. The third-order valence-electron chi connectivity index (χ3n) is 5.45. The summed E-state index contributed by atoms with van der Waals surface area (Å²) in [6.07, 6.45) is 7.35. The van der Waals surface area contributed by atoms with E-state index in [-0.39, 0.29) is 11.8 Å². The van der Waals surface area contributed by atoms with Crippen molar-refractivity contribution >= 4 is 67.2 Å². The van der Waals surface area contributed by atoms with Crippen LogP contribution in [0.5, 0.6) is 0 Å². The van der Waals surface area contributed by atoms with Gasteiger partial charge in [-0.3, -0.25) is 9.59 Å². The van der Waals surface area contributed by atoms with Crippen molar-refractivity contribution in [3.8, 4) is 0 Å². The number of carbonyl (C=O) groups is 2. The van der Waals surface area contributed by atoms with Crippen LogP contribution in [0, 0.1) is 0 Å². The van der Waals surface area contributed by atoms with Crippen molar-refractivity contribution < 1.29 is 9.59 Å². The minimum absolute atomic E-state index is 0.181. The maximum atomic E-state index is 12.2. The number of nitrogens with one attached hydrogen (secondary N) is 2. The summed E-state index contributed by atoms with van der Waals surface area (Å²) < 4.78 is 2.00. The standard InChI is InChI=1S/C31H24Br2N2O2/c32-26-11-1-22(2-12-26)9-19-30(36)34-28-15-5-24(6-16-28)21-25-7-17-29(18-8-25)35-31(37)20-10-23-3-13-27(33)14-4-23/h1-20H,21H2,(H,34,36)(H,35,37). The van der Waals surface area contributed by atoms with Gasteiger partial charge in [-0.15, -0.1) is 0 Å². The number of anilines is 2. The molecule has 0 aliphatic carbocycles. The van der Waals surface area contributed by atoms with Crippen LogP contribution in [0.25, 0.3) is 12.2 Å². The molecule has 0 saturated heterocycles. The Balaban J connectivity index is 1.26. The van der Waals surface area contributed by atoms with Crippen LogP contribution in [0.2, 0.25) is 0 Å². The molecular weight excluding hydrogens is 592 g/mol. The van der Waals surface area contributed by atoms with E-state index in [4.69, 9.17) is 0 Å². The summed E-state index contributed by atoms with van der Waals surface area (Å²) in [4.78, 5) is 24.4. The summed E-state index contributed by atoms with van der Waals surface area (Å²) in [6.45, 7) is 0. The largest absolute Gasteiger partial charge is 0.323 e. The molecular formula is C31H24Br2N2O2. The number of carbonyl (C=O) groups excluding carboxylic acids is 2. The van der Waals surface area contributed by atoms with Crippen molar-refractivity contribution in [3.63, 3.8) is 0 Å².